The summed E-state index contributed by atoms with van der Waals surface area (Å²) in [5, 5.41) is 11.6. The van der Waals surface area contributed by atoms with Crippen LogP contribution in [0.15, 0.2) is 48.7 Å². The first-order valence-electron chi connectivity index (χ1n) is 11.0. The fraction of sp³-hybridized carbons (Fsp3) is 0.348. The van der Waals surface area contributed by atoms with Gasteiger partial charge in [-0.3, -0.25) is 4.79 Å². The Balaban J connectivity index is 1.40. The number of hydrogen-bond donors (Lipinski definition) is 1. The lowest BCUT2D eigenvalue weighted by Gasteiger charge is -2.34. The first-order valence-corrected chi connectivity index (χ1v) is 11.0. The van der Waals surface area contributed by atoms with Gasteiger partial charge in [-0.25, -0.2) is 9.78 Å². The molecular formula is C23H27N7O4. The maximum Gasteiger partial charge on any atom is 0.409 e. The highest BCUT2D eigenvalue weighted by molar-refractivity contribution is 6.03. The summed E-state index contributed by atoms with van der Waals surface area (Å²) in [6.07, 6.45) is 1.31. The minimum Gasteiger partial charge on any atom is -0.450 e. The fourth-order valence-corrected chi connectivity index (χ4v) is 3.59. The van der Waals surface area contributed by atoms with Crippen LogP contribution in [-0.4, -0.2) is 76.8 Å². The van der Waals surface area contributed by atoms with Crippen molar-refractivity contribution in [2.24, 2.45) is 0 Å². The minimum absolute atomic E-state index is 0.157. The van der Waals surface area contributed by atoms with E-state index in [0.717, 1.165) is 11.5 Å². The summed E-state index contributed by atoms with van der Waals surface area (Å²) < 4.78 is 10.2. The van der Waals surface area contributed by atoms with Gasteiger partial charge < -0.3 is 24.6 Å². The molecule has 1 fully saturated rings. The molecule has 1 aliphatic heterocycles. The second-order valence-corrected chi connectivity index (χ2v) is 7.59. The van der Waals surface area contributed by atoms with Crippen molar-refractivity contribution >= 4 is 23.5 Å². The zero-order chi connectivity index (χ0) is 23.9. The maximum absolute atomic E-state index is 12.9. The van der Waals surface area contributed by atoms with Crippen molar-refractivity contribution < 1.29 is 19.1 Å². The molecule has 0 bridgehead atoms. The van der Waals surface area contributed by atoms with Crippen LogP contribution < -0.4 is 10.2 Å². The van der Waals surface area contributed by atoms with Gasteiger partial charge in [0.05, 0.1) is 30.8 Å². The summed E-state index contributed by atoms with van der Waals surface area (Å²) >= 11 is 0. The molecule has 11 heteroatoms. The number of amides is 2. The zero-order valence-corrected chi connectivity index (χ0v) is 19.2. The Morgan fingerprint density at radius 2 is 1.79 bits per heavy atom. The predicted octanol–water partition coefficient (Wildman–Crippen LogP) is 2.34. The van der Waals surface area contributed by atoms with E-state index in [0.29, 0.717) is 44.2 Å². The Kier molecular flexibility index (Phi) is 7.33. The highest BCUT2D eigenvalue weighted by Gasteiger charge is 2.23. The SMILES string of the molecule is CCOC(=O)N1CCN(c2ccc(NC(=O)c3nn(-c4ccccc4)nc3COC)cn2)CC1. The summed E-state index contributed by atoms with van der Waals surface area (Å²) in [5.41, 5.74) is 1.90. The van der Waals surface area contributed by atoms with Gasteiger partial charge in [0.1, 0.15) is 11.5 Å². The number of methoxy groups -OCH3 is 1. The highest BCUT2D eigenvalue weighted by atomic mass is 16.6. The number of nitrogens with zero attached hydrogens (tertiary/aromatic N) is 6. The molecule has 0 saturated carbocycles. The molecule has 3 aromatic rings. The van der Waals surface area contributed by atoms with Crippen LogP contribution in [0.25, 0.3) is 5.69 Å². The van der Waals surface area contributed by atoms with E-state index < -0.39 is 5.91 Å². The molecule has 2 amide bonds. The second-order valence-electron chi connectivity index (χ2n) is 7.59. The number of benzene rings is 1. The van der Waals surface area contributed by atoms with Crippen LogP contribution in [0.2, 0.25) is 0 Å². The normalized spacial score (nSPS) is 13.6. The molecule has 1 aliphatic rings. The third kappa shape index (κ3) is 5.31. The fourth-order valence-electron chi connectivity index (χ4n) is 3.59. The molecule has 34 heavy (non-hydrogen) atoms. The van der Waals surface area contributed by atoms with Crippen molar-refractivity contribution in [3.05, 3.63) is 60.0 Å². The van der Waals surface area contributed by atoms with E-state index in [2.05, 4.69) is 25.4 Å². The number of pyridine rings is 1. The summed E-state index contributed by atoms with van der Waals surface area (Å²) in [6.45, 7) is 4.76. The molecule has 0 atom stereocenters. The first kappa shape index (κ1) is 23.2. The number of ether oxygens (including phenoxy) is 2. The van der Waals surface area contributed by atoms with Crippen molar-refractivity contribution in [3.8, 4) is 5.69 Å². The minimum atomic E-state index is -0.396. The van der Waals surface area contributed by atoms with E-state index >= 15 is 0 Å². The quantitative estimate of drug-likeness (QED) is 0.566. The van der Waals surface area contributed by atoms with E-state index in [-0.39, 0.29) is 18.4 Å². The number of para-hydroxylation sites is 1. The molecule has 178 valence electrons. The summed E-state index contributed by atoms with van der Waals surface area (Å²) in [6, 6.07) is 13.0. The second kappa shape index (κ2) is 10.8. The Bertz CT molecular complexity index is 1110. The lowest BCUT2D eigenvalue weighted by Crippen LogP contribution is -2.49. The van der Waals surface area contributed by atoms with Crippen molar-refractivity contribution in [1.82, 2.24) is 24.9 Å². The Hall–Kier alpha value is -3.99. The summed E-state index contributed by atoms with van der Waals surface area (Å²) in [4.78, 5) is 34.5. The Labute approximate surface area is 197 Å². The molecule has 0 radical (unpaired) electrons. The van der Waals surface area contributed by atoms with Gasteiger partial charge >= 0.3 is 6.09 Å². The number of rotatable bonds is 7. The zero-order valence-electron chi connectivity index (χ0n) is 19.2. The largest absolute Gasteiger partial charge is 0.450 e. The van der Waals surface area contributed by atoms with E-state index in [1.165, 1.54) is 4.80 Å². The molecule has 1 N–H and O–H groups in total. The number of carbonyl (C=O) groups is 2. The molecule has 2 aromatic heterocycles. The average Bonchev–Trinajstić information content (AvgIpc) is 3.30. The molecule has 1 saturated heterocycles. The average molecular weight is 466 g/mol. The monoisotopic (exact) mass is 465 g/mol. The molecule has 4 rings (SSSR count). The smallest absolute Gasteiger partial charge is 0.409 e. The number of anilines is 2. The van der Waals surface area contributed by atoms with Crippen LogP contribution in [-0.2, 0) is 16.1 Å². The van der Waals surface area contributed by atoms with Gasteiger partial charge in [0.2, 0.25) is 0 Å². The predicted molar refractivity (Wildman–Crippen MR) is 125 cm³/mol. The first-order chi connectivity index (χ1) is 16.6. The Morgan fingerprint density at radius 1 is 1.03 bits per heavy atom. The topological polar surface area (TPSA) is 115 Å². The van der Waals surface area contributed by atoms with Crippen molar-refractivity contribution in [1.29, 1.82) is 0 Å². The maximum atomic E-state index is 12.9. The van der Waals surface area contributed by atoms with E-state index in [9.17, 15) is 9.59 Å². The van der Waals surface area contributed by atoms with Gasteiger partial charge in [0.25, 0.3) is 5.91 Å². The molecule has 0 aliphatic carbocycles. The van der Waals surface area contributed by atoms with Crippen LogP contribution in [0.5, 0.6) is 0 Å². The molecule has 0 spiro atoms. The van der Waals surface area contributed by atoms with Gasteiger partial charge in [-0.2, -0.15) is 4.80 Å². The van der Waals surface area contributed by atoms with Crippen LogP contribution >= 0.6 is 0 Å². The van der Waals surface area contributed by atoms with Gasteiger partial charge in [-0.1, -0.05) is 18.2 Å². The number of carbonyl (C=O) groups excluding carboxylic acids is 2. The van der Waals surface area contributed by atoms with Crippen molar-refractivity contribution in [3.63, 3.8) is 0 Å². The van der Waals surface area contributed by atoms with Crippen LogP contribution in [0.1, 0.15) is 23.1 Å². The summed E-state index contributed by atoms with van der Waals surface area (Å²) in [7, 11) is 1.54. The van der Waals surface area contributed by atoms with Crippen LogP contribution in [0, 0.1) is 0 Å². The van der Waals surface area contributed by atoms with Crippen molar-refractivity contribution in [2.45, 2.75) is 13.5 Å². The van der Waals surface area contributed by atoms with Crippen LogP contribution in [0.3, 0.4) is 0 Å². The number of nitrogens with one attached hydrogen (secondary N) is 1. The van der Waals surface area contributed by atoms with Gasteiger partial charge in [0.15, 0.2) is 5.69 Å². The molecule has 11 nitrogen and oxygen atoms in total. The number of piperazine rings is 1. The van der Waals surface area contributed by atoms with Gasteiger partial charge in [-0.05, 0) is 31.2 Å². The lowest BCUT2D eigenvalue weighted by molar-refractivity contribution is 0.101. The molecule has 1 aromatic carbocycles. The van der Waals surface area contributed by atoms with Crippen molar-refractivity contribution in [2.75, 3.05) is 50.1 Å². The van der Waals surface area contributed by atoms with E-state index in [1.54, 1.807) is 31.2 Å². The lowest BCUT2D eigenvalue weighted by atomic mass is 10.3. The Morgan fingerprint density at radius 3 is 2.44 bits per heavy atom. The van der Waals surface area contributed by atoms with E-state index in [1.807, 2.05) is 36.4 Å². The third-order valence-electron chi connectivity index (χ3n) is 5.30. The van der Waals surface area contributed by atoms with E-state index in [4.69, 9.17) is 9.47 Å². The summed E-state index contributed by atoms with van der Waals surface area (Å²) in [5.74, 6) is 0.378. The molecule has 0 unspecified atom stereocenters. The number of hydrogen-bond acceptors (Lipinski definition) is 8. The number of aromatic nitrogens is 4. The highest BCUT2D eigenvalue weighted by Crippen LogP contribution is 2.18. The van der Waals surface area contributed by atoms with Crippen LogP contribution in [0.4, 0.5) is 16.3 Å². The van der Waals surface area contributed by atoms with Gasteiger partial charge in [0, 0.05) is 33.3 Å². The third-order valence-corrected chi connectivity index (χ3v) is 5.30. The standard InChI is InChI=1S/C23H27N7O4/c1-3-34-23(32)29-13-11-28(12-14-29)20-10-9-17(15-24-20)25-22(31)21-19(16-33-2)26-30(27-21)18-7-5-4-6-8-18/h4-10,15H,3,11-14,16H2,1-2H3,(H,25,31). The molecular weight excluding hydrogens is 438 g/mol. The van der Waals surface area contributed by atoms with Gasteiger partial charge in [-0.15, -0.1) is 10.2 Å². The molecule has 3 heterocycles.